The van der Waals surface area contributed by atoms with Gasteiger partial charge in [-0.25, -0.2) is 0 Å². The minimum absolute atomic E-state index is 0.148. The van der Waals surface area contributed by atoms with Crippen molar-refractivity contribution in [3.63, 3.8) is 0 Å². The van der Waals surface area contributed by atoms with Crippen molar-refractivity contribution in [2.75, 3.05) is 44.7 Å². The average molecular weight is 567 g/mol. The van der Waals surface area contributed by atoms with Crippen molar-refractivity contribution in [2.24, 2.45) is 0 Å². The minimum Gasteiger partial charge on any atom is -0.508 e. The van der Waals surface area contributed by atoms with Crippen LogP contribution in [0.2, 0.25) is 0 Å². The SMILES string of the molecule is C=CC(=O)N1CCN(c2nc(OC[C@@H]3CCCN3C)nc3c2CC[C@H](c2cc(O)cc4ccccc24)C3)C[C@@H]1CC#N. The molecule has 3 atom stereocenters. The van der Waals surface area contributed by atoms with Crippen LogP contribution in [0.5, 0.6) is 11.8 Å². The summed E-state index contributed by atoms with van der Waals surface area (Å²) in [5, 5.41) is 22.2. The number of benzene rings is 2. The third kappa shape index (κ3) is 5.51. The highest BCUT2D eigenvalue weighted by Gasteiger charge is 2.34. The van der Waals surface area contributed by atoms with Gasteiger partial charge in [-0.05, 0) is 86.2 Å². The second-order valence-corrected chi connectivity index (χ2v) is 11.7. The molecule has 2 aliphatic heterocycles. The fraction of sp³-hybridized carbons (Fsp3) is 0.455. The van der Waals surface area contributed by atoms with Gasteiger partial charge in [-0.2, -0.15) is 15.2 Å². The van der Waals surface area contributed by atoms with Crippen LogP contribution in [-0.2, 0) is 17.6 Å². The Labute approximate surface area is 247 Å². The molecule has 218 valence electrons. The number of phenols is 1. The van der Waals surface area contributed by atoms with E-state index in [0.717, 1.165) is 65.6 Å². The van der Waals surface area contributed by atoms with E-state index in [1.807, 2.05) is 30.3 Å². The standard InChI is InChI=1S/C33H38N6O3/c1-3-31(41)39-16-15-38(20-24(39)12-13-34)32-28-11-10-23(29-19-26(40)17-22-7-4-5-9-27(22)29)18-30(28)35-33(36-32)42-21-25-8-6-14-37(25)2/h3-5,7,9,17,19,23-25,40H,1,6,8,10-12,14-16,18,20-21H2,2H3/t23-,24-,25-/m0/s1. The Kier molecular flexibility index (Phi) is 7.98. The van der Waals surface area contributed by atoms with Gasteiger partial charge in [0.1, 0.15) is 18.2 Å². The molecule has 1 aromatic heterocycles. The number of hydrogen-bond acceptors (Lipinski definition) is 8. The lowest BCUT2D eigenvalue weighted by Gasteiger charge is -2.42. The molecular formula is C33H38N6O3. The van der Waals surface area contributed by atoms with Crippen molar-refractivity contribution in [1.82, 2.24) is 19.8 Å². The summed E-state index contributed by atoms with van der Waals surface area (Å²) in [5.41, 5.74) is 3.22. The Morgan fingerprint density at radius 1 is 1.19 bits per heavy atom. The second kappa shape index (κ2) is 12.0. The van der Waals surface area contributed by atoms with Crippen LogP contribution >= 0.6 is 0 Å². The lowest BCUT2D eigenvalue weighted by Crippen LogP contribution is -2.55. The number of aromatic hydroxyl groups is 1. The van der Waals surface area contributed by atoms with E-state index in [-0.39, 0.29) is 30.0 Å². The van der Waals surface area contributed by atoms with Gasteiger partial charge in [0.25, 0.3) is 0 Å². The van der Waals surface area contributed by atoms with Crippen LogP contribution < -0.4 is 9.64 Å². The lowest BCUT2D eigenvalue weighted by atomic mass is 9.80. The molecular weight excluding hydrogens is 528 g/mol. The molecule has 0 radical (unpaired) electrons. The highest BCUT2D eigenvalue weighted by atomic mass is 16.5. The van der Waals surface area contributed by atoms with Crippen LogP contribution in [0.4, 0.5) is 5.82 Å². The van der Waals surface area contributed by atoms with Gasteiger partial charge in [0.2, 0.25) is 5.91 Å². The summed E-state index contributed by atoms with van der Waals surface area (Å²) in [6.45, 7) is 6.87. The predicted octanol–water partition coefficient (Wildman–Crippen LogP) is 4.20. The first-order valence-electron chi connectivity index (χ1n) is 14.9. The Hall–Kier alpha value is -4.16. The number of rotatable bonds is 7. The minimum atomic E-state index is -0.244. The van der Waals surface area contributed by atoms with E-state index in [0.29, 0.717) is 44.7 Å². The van der Waals surface area contributed by atoms with Crippen molar-refractivity contribution < 1.29 is 14.6 Å². The third-order valence-electron chi connectivity index (χ3n) is 9.19. The maximum atomic E-state index is 12.5. The average Bonchev–Trinajstić information content (AvgIpc) is 3.42. The summed E-state index contributed by atoms with van der Waals surface area (Å²) in [7, 11) is 2.13. The lowest BCUT2D eigenvalue weighted by molar-refractivity contribution is -0.128. The number of piperazine rings is 1. The molecule has 3 aliphatic rings. The highest BCUT2D eigenvalue weighted by Crippen LogP contribution is 2.40. The van der Waals surface area contributed by atoms with Gasteiger partial charge in [0, 0.05) is 31.2 Å². The Morgan fingerprint density at radius 2 is 2.05 bits per heavy atom. The van der Waals surface area contributed by atoms with Crippen molar-refractivity contribution >= 4 is 22.5 Å². The van der Waals surface area contributed by atoms with Crippen molar-refractivity contribution in [3.8, 4) is 17.8 Å². The summed E-state index contributed by atoms with van der Waals surface area (Å²) in [6.07, 6.45) is 6.23. The molecule has 0 spiro atoms. The topological polar surface area (TPSA) is 106 Å². The molecule has 3 heterocycles. The zero-order valence-electron chi connectivity index (χ0n) is 24.2. The summed E-state index contributed by atoms with van der Waals surface area (Å²) in [6, 6.07) is 14.6. The number of nitriles is 1. The molecule has 6 rings (SSSR count). The van der Waals surface area contributed by atoms with Crippen LogP contribution in [0.3, 0.4) is 0 Å². The van der Waals surface area contributed by atoms with Gasteiger partial charge < -0.3 is 24.5 Å². The van der Waals surface area contributed by atoms with Crippen LogP contribution in [-0.4, -0.2) is 82.7 Å². The largest absolute Gasteiger partial charge is 0.508 e. The molecule has 0 unspecified atom stereocenters. The summed E-state index contributed by atoms with van der Waals surface area (Å²) in [4.78, 5) is 28.7. The zero-order chi connectivity index (χ0) is 29.2. The first-order valence-corrected chi connectivity index (χ1v) is 14.9. The van der Waals surface area contributed by atoms with Gasteiger partial charge in [0.15, 0.2) is 0 Å². The Balaban J connectivity index is 1.34. The van der Waals surface area contributed by atoms with Crippen LogP contribution in [0.25, 0.3) is 10.8 Å². The highest BCUT2D eigenvalue weighted by molar-refractivity contribution is 5.88. The number of carbonyl (C=O) groups is 1. The number of phenolic OH excluding ortho intramolecular Hbond substituents is 1. The van der Waals surface area contributed by atoms with E-state index in [1.165, 1.54) is 6.08 Å². The molecule has 1 aliphatic carbocycles. The molecule has 2 fully saturated rings. The molecule has 3 aromatic rings. The molecule has 1 amide bonds. The van der Waals surface area contributed by atoms with Crippen LogP contribution in [0, 0.1) is 11.3 Å². The van der Waals surface area contributed by atoms with E-state index in [2.05, 4.69) is 35.6 Å². The Bertz CT molecular complexity index is 1530. The smallest absolute Gasteiger partial charge is 0.318 e. The zero-order valence-corrected chi connectivity index (χ0v) is 24.2. The monoisotopic (exact) mass is 566 g/mol. The molecule has 9 nitrogen and oxygen atoms in total. The van der Waals surface area contributed by atoms with E-state index in [4.69, 9.17) is 14.7 Å². The number of amides is 1. The fourth-order valence-corrected chi connectivity index (χ4v) is 6.92. The van der Waals surface area contributed by atoms with E-state index >= 15 is 0 Å². The van der Waals surface area contributed by atoms with E-state index < -0.39 is 0 Å². The number of likely N-dealkylation sites (tertiary alicyclic amines) is 1. The van der Waals surface area contributed by atoms with Crippen molar-refractivity contribution in [3.05, 3.63) is 65.9 Å². The summed E-state index contributed by atoms with van der Waals surface area (Å²) >= 11 is 0. The number of carbonyl (C=O) groups excluding carboxylic acids is 1. The first-order chi connectivity index (χ1) is 20.4. The van der Waals surface area contributed by atoms with Crippen LogP contribution in [0.1, 0.15) is 48.4 Å². The van der Waals surface area contributed by atoms with Gasteiger partial charge in [-0.1, -0.05) is 30.8 Å². The Morgan fingerprint density at radius 3 is 2.83 bits per heavy atom. The number of aromatic nitrogens is 2. The maximum Gasteiger partial charge on any atom is 0.318 e. The quantitative estimate of drug-likeness (QED) is 0.425. The second-order valence-electron chi connectivity index (χ2n) is 11.7. The normalized spacial score (nSPS) is 22.5. The molecule has 2 aromatic carbocycles. The molecule has 0 saturated carbocycles. The van der Waals surface area contributed by atoms with Crippen molar-refractivity contribution in [1.29, 1.82) is 5.26 Å². The third-order valence-corrected chi connectivity index (χ3v) is 9.19. The number of likely N-dealkylation sites (N-methyl/N-ethyl adjacent to an activating group) is 1. The van der Waals surface area contributed by atoms with Gasteiger partial charge >= 0.3 is 6.01 Å². The van der Waals surface area contributed by atoms with Gasteiger partial charge in [-0.3, -0.25) is 4.79 Å². The maximum absolute atomic E-state index is 12.5. The number of hydrogen-bond donors (Lipinski definition) is 1. The molecule has 9 heteroatoms. The fourth-order valence-electron chi connectivity index (χ4n) is 6.92. The molecule has 2 saturated heterocycles. The molecule has 0 bridgehead atoms. The van der Waals surface area contributed by atoms with Crippen LogP contribution in [0.15, 0.2) is 49.1 Å². The van der Waals surface area contributed by atoms with E-state index in [9.17, 15) is 15.2 Å². The number of anilines is 1. The predicted molar refractivity (Wildman–Crippen MR) is 162 cm³/mol. The van der Waals surface area contributed by atoms with Gasteiger partial charge in [-0.15, -0.1) is 0 Å². The number of nitrogens with zero attached hydrogens (tertiary/aromatic N) is 6. The summed E-state index contributed by atoms with van der Waals surface area (Å²) in [5.74, 6) is 1.17. The number of fused-ring (bicyclic) bond motifs is 2. The summed E-state index contributed by atoms with van der Waals surface area (Å²) < 4.78 is 6.28. The molecule has 42 heavy (non-hydrogen) atoms. The van der Waals surface area contributed by atoms with E-state index in [1.54, 1.807) is 4.90 Å². The van der Waals surface area contributed by atoms with Crippen molar-refractivity contribution in [2.45, 2.75) is 56.5 Å². The first kappa shape index (κ1) is 28.0. The molecule has 1 N–H and O–H groups in total. The van der Waals surface area contributed by atoms with Gasteiger partial charge in [0.05, 0.1) is 24.2 Å². The number of ether oxygens (including phenoxy) is 1.